The molecule has 4 nitrogen and oxygen atoms in total. The molecule has 0 aliphatic heterocycles. The lowest BCUT2D eigenvalue weighted by atomic mass is 9.94. The van der Waals surface area contributed by atoms with E-state index in [0.717, 1.165) is 19.3 Å². The molecule has 0 saturated heterocycles. The fraction of sp³-hybridized carbons (Fsp3) is 0.400. The molecule has 0 heterocycles. The van der Waals surface area contributed by atoms with Crippen molar-refractivity contribution in [3.63, 3.8) is 0 Å². The summed E-state index contributed by atoms with van der Waals surface area (Å²) in [4.78, 5) is -0.0106. The number of halogens is 1. The number of nitrogens with two attached hydrogens (primary N) is 1. The largest absolute Gasteiger partial charge is 0.398 e. The maximum Gasteiger partial charge on any atom is 0.244 e. The standard InChI is InChI=1S/C10H13ClN2O2S/c11-8-5-2-6-9(12)10(8)16(14,15)13-7-3-1-4-7/h2,5-7,13H,1,3-4,12H2. The third kappa shape index (κ3) is 2.16. The van der Waals surface area contributed by atoms with Gasteiger partial charge in [-0.25, -0.2) is 13.1 Å². The SMILES string of the molecule is Nc1cccc(Cl)c1S(=O)(=O)NC1CCC1. The van der Waals surface area contributed by atoms with Crippen LogP contribution in [0, 0.1) is 0 Å². The Kier molecular flexibility index (Phi) is 3.10. The lowest BCUT2D eigenvalue weighted by Gasteiger charge is -2.26. The van der Waals surface area contributed by atoms with E-state index >= 15 is 0 Å². The number of hydrogen-bond acceptors (Lipinski definition) is 3. The molecule has 1 saturated carbocycles. The molecule has 1 fully saturated rings. The monoisotopic (exact) mass is 260 g/mol. The number of sulfonamides is 1. The number of hydrogen-bond donors (Lipinski definition) is 2. The number of rotatable bonds is 3. The zero-order chi connectivity index (χ0) is 11.8. The van der Waals surface area contributed by atoms with Crippen LogP contribution in [0.15, 0.2) is 23.1 Å². The van der Waals surface area contributed by atoms with Gasteiger partial charge in [0.1, 0.15) is 4.90 Å². The second-order valence-corrected chi connectivity index (χ2v) is 5.97. The maximum atomic E-state index is 12.0. The van der Waals surface area contributed by atoms with Crippen molar-refractivity contribution in [1.82, 2.24) is 4.72 Å². The van der Waals surface area contributed by atoms with Gasteiger partial charge in [-0.05, 0) is 25.0 Å². The van der Waals surface area contributed by atoms with Crippen molar-refractivity contribution < 1.29 is 8.42 Å². The third-order valence-electron chi connectivity index (χ3n) is 2.69. The number of nitrogens with one attached hydrogen (secondary N) is 1. The average Bonchev–Trinajstić information content (AvgIpc) is 2.11. The van der Waals surface area contributed by atoms with E-state index in [0.29, 0.717) is 0 Å². The van der Waals surface area contributed by atoms with Crippen LogP contribution >= 0.6 is 11.6 Å². The normalized spacial score (nSPS) is 17.1. The molecule has 16 heavy (non-hydrogen) atoms. The Morgan fingerprint density at radius 3 is 2.56 bits per heavy atom. The molecule has 0 spiro atoms. The van der Waals surface area contributed by atoms with Gasteiger partial charge in [-0.3, -0.25) is 0 Å². The fourth-order valence-corrected chi connectivity index (χ4v) is 3.60. The number of anilines is 1. The van der Waals surface area contributed by atoms with Gasteiger partial charge in [-0.2, -0.15) is 0 Å². The molecular weight excluding hydrogens is 248 g/mol. The van der Waals surface area contributed by atoms with Crippen LogP contribution in [0.25, 0.3) is 0 Å². The Balaban J connectivity index is 2.34. The van der Waals surface area contributed by atoms with Crippen LogP contribution in [0.4, 0.5) is 5.69 Å². The van der Waals surface area contributed by atoms with E-state index in [1.807, 2.05) is 0 Å². The zero-order valence-corrected chi connectivity index (χ0v) is 10.2. The molecular formula is C10H13ClN2O2S. The van der Waals surface area contributed by atoms with Gasteiger partial charge in [0.25, 0.3) is 0 Å². The van der Waals surface area contributed by atoms with Crippen LogP contribution in [0.2, 0.25) is 5.02 Å². The minimum absolute atomic E-state index is 0.0106. The zero-order valence-electron chi connectivity index (χ0n) is 8.61. The van der Waals surface area contributed by atoms with Gasteiger partial charge in [0.2, 0.25) is 10.0 Å². The first kappa shape index (κ1) is 11.7. The highest BCUT2D eigenvalue weighted by molar-refractivity contribution is 7.89. The fourth-order valence-electron chi connectivity index (χ4n) is 1.61. The molecule has 0 atom stereocenters. The van der Waals surface area contributed by atoms with Crippen molar-refractivity contribution in [2.75, 3.05) is 5.73 Å². The van der Waals surface area contributed by atoms with Crippen molar-refractivity contribution in [3.05, 3.63) is 23.2 Å². The highest BCUT2D eigenvalue weighted by Crippen LogP contribution is 2.29. The van der Waals surface area contributed by atoms with Crippen molar-refractivity contribution in [2.45, 2.75) is 30.2 Å². The van der Waals surface area contributed by atoms with E-state index in [1.54, 1.807) is 6.07 Å². The minimum Gasteiger partial charge on any atom is -0.398 e. The highest BCUT2D eigenvalue weighted by atomic mass is 35.5. The second kappa shape index (κ2) is 4.24. The van der Waals surface area contributed by atoms with E-state index in [4.69, 9.17) is 17.3 Å². The minimum atomic E-state index is -3.59. The summed E-state index contributed by atoms with van der Waals surface area (Å²) >= 11 is 5.86. The molecule has 3 N–H and O–H groups in total. The molecule has 1 aromatic carbocycles. The van der Waals surface area contributed by atoms with Crippen LogP contribution in [-0.2, 0) is 10.0 Å². The van der Waals surface area contributed by atoms with Gasteiger partial charge in [0.05, 0.1) is 10.7 Å². The molecule has 0 bridgehead atoms. The average molecular weight is 261 g/mol. The molecule has 1 aromatic rings. The summed E-state index contributed by atoms with van der Waals surface area (Å²) in [6.07, 6.45) is 2.82. The predicted octanol–water partition coefficient (Wildman–Crippen LogP) is 1.75. The van der Waals surface area contributed by atoms with Crippen molar-refractivity contribution in [2.24, 2.45) is 0 Å². The molecule has 6 heteroatoms. The Morgan fingerprint density at radius 2 is 2.06 bits per heavy atom. The van der Waals surface area contributed by atoms with Gasteiger partial charge >= 0.3 is 0 Å². The second-order valence-electron chi connectivity index (χ2n) is 3.91. The highest BCUT2D eigenvalue weighted by Gasteiger charge is 2.27. The smallest absolute Gasteiger partial charge is 0.244 e. The van der Waals surface area contributed by atoms with Crippen LogP contribution in [0.1, 0.15) is 19.3 Å². The van der Waals surface area contributed by atoms with E-state index in [9.17, 15) is 8.42 Å². The number of nitrogen functional groups attached to an aromatic ring is 1. The van der Waals surface area contributed by atoms with E-state index < -0.39 is 10.0 Å². The van der Waals surface area contributed by atoms with Gasteiger partial charge in [-0.15, -0.1) is 0 Å². The van der Waals surface area contributed by atoms with Gasteiger partial charge in [0, 0.05) is 6.04 Å². The van der Waals surface area contributed by atoms with E-state index in [2.05, 4.69) is 4.72 Å². The first-order valence-corrected chi connectivity index (χ1v) is 6.93. The summed E-state index contributed by atoms with van der Waals surface area (Å²) in [5, 5.41) is 0.159. The lowest BCUT2D eigenvalue weighted by Crippen LogP contribution is -2.39. The molecule has 0 unspecified atom stereocenters. The first-order valence-electron chi connectivity index (χ1n) is 5.07. The molecule has 0 aromatic heterocycles. The molecule has 0 radical (unpaired) electrons. The third-order valence-corrected chi connectivity index (χ3v) is 4.76. The number of benzene rings is 1. The van der Waals surface area contributed by atoms with E-state index in [1.165, 1.54) is 12.1 Å². The first-order chi connectivity index (χ1) is 7.50. The predicted molar refractivity (Wildman–Crippen MR) is 63.8 cm³/mol. The summed E-state index contributed by atoms with van der Waals surface area (Å²) in [6, 6.07) is 4.70. The molecule has 0 amide bonds. The summed E-state index contributed by atoms with van der Waals surface area (Å²) in [7, 11) is -3.59. The summed E-state index contributed by atoms with van der Waals surface area (Å²) in [5.41, 5.74) is 5.82. The Morgan fingerprint density at radius 1 is 1.38 bits per heavy atom. The Labute approximate surface area is 99.8 Å². The molecule has 2 rings (SSSR count). The van der Waals surface area contributed by atoms with Gasteiger partial charge in [0.15, 0.2) is 0 Å². The van der Waals surface area contributed by atoms with Crippen molar-refractivity contribution in [3.8, 4) is 0 Å². The van der Waals surface area contributed by atoms with Gasteiger partial charge < -0.3 is 5.73 Å². The van der Waals surface area contributed by atoms with Crippen LogP contribution < -0.4 is 10.5 Å². The Bertz CT molecular complexity index is 477. The molecule has 1 aliphatic carbocycles. The quantitative estimate of drug-likeness (QED) is 0.814. The molecule has 1 aliphatic rings. The van der Waals surface area contributed by atoms with Crippen molar-refractivity contribution in [1.29, 1.82) is 0 Å². The lowest BCUT2D eigenvalue weighted by molar-refractivity contribution is 0.383. The maximum absolute atomic E-state index is 12.0. The van der Waals surface area contributed by atoms with Crippen LogP contribution in [0.5, 0.6) is 0 Å². The summed E-state index contributed by atoms with van der Waals surface area (Å²) in [5.74, 6) is 0. The Hall–Kier alpha value is -0.780. The van der Waals surface area contributed by atoms with Gasteiger partial charge in [-0.1, -0.05) is 24.1 Å². The van der Waals surface area contributed by atoms with Crippen molar-refractivity contribution >= 4 is 27.3 Å². The van der Waals surface area contributed by atoms with Crippen LogP contribution in [0.3, 0.4) is 0 Å². The topological polar surface area (TPSA) is 72.2 Å². The summed E-state index contributed by atoms with van der Waals surface area (Å²) < 4.78 is 26.6. The molecule has 88 valence electrons. The summed E-state index contributed by atoms with van der Waals surface area (Å²) in [6.45, 7) is 0. The van der Waals surface area contributed by atoms with E-state index in [-0.39, 0.29) is 21.6 Å². The van der Waals surface area contributed by atoms with Crippen LogP contribution in [-0.4, -0.2) is 14.5 Å².